The first kappa shape index (κ1) is 10.3. The minimum atomic E-state index is -0.832. The summed E-state index contributed by atoms with van der Waals surface area (Å²) in [6.07, 6.45) is 0. The van der Waals surface area contributed by atoms with Crippen LogP contribution in [0.1, 0.15) is 26.3 Å². The fraction of sp³-hybridized carbons (Fsp3) is 0.500. The Morgan fingerprint density at radius 2 is 1.93 bits per heavy atom. The molecule has 82 valence electrons. The van der Waals surface area contributed by atoms with Crippen molar-refractivity contribution >= 4 is 0 Å². The summed E-state index contributed by atoms with van der Waals surface area (Å²) in [7, 11) is 0. The lowest BCUT2D eigenvalue weighted by Gasteiger charge is -2.28. The molecule has 0 aromatic heterocycles. The molecule has 1 aliphatic heterocycles. The van der Waals surface area contributed by atoms with Gasteiger partial charge in [-0.2, -0.15) is 0 Å². The molecule has 0 aliphatic carbocycles. The first-order valence-corrected chi connectivity index (χ1v) is 5.14. The van der Waals surface area contributed by atoms with E-state index in [4.69, 9.17) is 9.47 Å². The molecule has 1 atom stereocenters. The molecular formula is C12H16O3. The third kappa shape index (κ3) is 1.67. The molecule has 0 unspecified atom stereocenters. The van der Waals surface area contributed by atoms with Gasteiger partial charge < -0.3 is 14.6 Å². The van der Waals surface area contributed by atoms with Crippen LogP contribution in [0.15, 0.2) is 18.2 Å². The summed E-state index contributed by atoms with van der Waals surface area (Å²) in [6.45, 7) is 6.06. The van der Waals surface area contributed by atoms with Gasteiger partial charge >= 0.3 is 0 Å². The average Bonchev–Trinajstić information content (AvgIpc) is 2.63. The van der Waals surface area contributed by atoms with Crippen LogP contribution in [0.25, 0.3) is 0 Å². The first-order valence-electron chi connectivity index (χ1n) is 5.14. The molecule has 1 aromatic carbocycles. The predicted octanol–water partition coefficient (Wildman–Crippen LogP) is 2.28. The van der Waals surface area contributed by atoms with E-state index < -0.39 is 5.60 Å². The van der Waals surface area contributed by atoms with E-state index in [1.165, 1.54) is 0 Å². The molecule has 0 bridgehead atoms. The van der Waals surface area contributed by atoms with Gasteiger partial charge in [0.2, 0.25) is 6.79 Å². The smallest absolute Gasteiger partial charge is 0.231 e. The van der Waals surface area contributed by atoms with Gasteiger partial charge in [0.15, 0.2) is 11.5 Å². The highest BCUT2D eigenvalue weighted by atomic mass is 16.7. The van der Waals surface area contributed by atoms with Crippen LogP contribution in [0, 0.1) is 5.92 Å². The minimum Gasteiger partial charge on any atom is -0.454 e. The zero-order valence-corrected chi connectivity index (χ0v) is 9.28. The highest BCUT2D eigenvalue weighted by Gasteiger charge is 2.29. The van der Waals surface area contributed by atoms with E-state index in [2.05, 4.69) is 0 Å². The number of rotatable bonds is 2. The van der Waals surface area contributed by atoms with E-state index in [1.54, 1.807) is 0 Å². The van der Waals surface area contributed by atoms with Gasteiger partial charge in [-0.1, -0.05) is 19.9 Å². The Balaban J connectivity index is 2.38. The summed E-state index contributed by atoms with van der Waals surface area (Å²) < 4.78 is 10.5. The fourth-order valence-corrected chi connectivity index (χ4v) is 1.54. The topological polar surface area (TPSA) is 38.7 Å². The van der Waals surface area contributed by atoms with Crippen LogP contribution in [0.3, 0.4) is 0 Å². The van der Waals surface area contributed by atoms with E-state index in [9.17, 15) is 5.11 Å². The second-order valence-corrected chi connectivity index (χ2v) is 4.37. The second-order valence-electron chi connectivity index (χ2n) is 4.37. The zero-order valence-electron chi connectivity index (χ0n) is 9.28. The van der Waals surface area contributed by atoms with E-state index in [0.717, 1.165) is 11.3 Å². The normalized spacial score (nSPS) is 17.9. The number of hydrogen-bond acceptors (Lipinski definition) is 3. The predicted molar refractivity (Wildman–Crippen MR) is 57.0 cm³/mol. The highest BCUT2D eigenvalue weighted by molar-refractivity contribution is 5.45. The third-order valence-corrected chi connectivity index (χ3v) is 3.08. The molecule has 3 nitrogen and oxygen atoms in total. The monoisotopic (exact) mass is 208 g/mol. The maximum atomic E-state index is 10.3. The lowest BCUT2D eigenvalue weighted by Crippen LogP contribution is -2.27. The van der Waals surface area contributed by atoms with Crippen molar-refractivity contribution in [2.45, 2.75) is 26.4 Å². The number of hydrogen-bond donors (Lipinski definition) is 1. The molecule has 1 aliphatic rings. The van der Waals surface area contributed by atoms with Gasteiger partial charge in [-0.15, -0.1) is 0 Å². The molecule has 0 fully saturated rings. The molecule has 0 radical (unpaired) electrons. The van der Waals surface area contributed by atoms with Crippen molar-refractivity contribution in [3.8, 4) is 11.5 Å². The van der Waals surface area contributed by atoms with Gasteiger partial charge in [0, 0.05) is 0 Å². The van der Waals surface area contributed by atoms with Crippen LogP contribution >= 0.6 is 0 Å². The van der Waals surface area contributed by atoms with Crippen molar-refractivity contribution in [3.63, 3.8) is 0 Å². The van der Waals surface area contributed by atoms with Gasteiger partial charge in [-0.3, -0.25) is 0 Å². The Labute approximate surface area is 89.6 Å². The maximum absolute atomic E-state index is 10.3. The van der Waals surface area contributed by atoms with Crippen molar-refractivity contribution in [2.75, 3.05) is 6.79 Å². The molecule has 0 saturated carbocycles. The fourth-order valence-electron chi connectivity index (χ4n) is 1.54. The standard InChI is InChI=1S/C12H16O3/c1-8(2)12(3,13)9-4-5-10-11(6-9)15-7-14-10/h4-6,8,13H,7H2,1-3H3/t12-/m1/s1. The molecule has 1 N–H and O–H groups in total. The second kappa shape index (κ2) is 3.42. The molecular weight excluding hydrogens is 192 g/mol. The number of benzene rings is 1. The van der Waals surface area contributed by atoms with Gasteiger partial charge in [0.25, 0.3) is 0 Å². The molecule has 0 spiro atoms. The van der Waals surface area contributed by atoms with E-state index in [1.807, 2.05) is 39.0 Å². The van der Waals surface area contributed by atoms with Crippen molar-refractivity contribution < 1.29 is 14.6 Å². The van der Waals surface area contributed by atoms with Crippen molar-refractivity contribution in [3.05, 3.63) is 23.8 Å². The molecule has 3 heteroatoms. The van der Waals surface area contributed by atoms with Gasteiger partial charge in [0.05, 0.1) is 5.60 Å². The quantitative estimate of drug-likeness (QED) is 0.810. The Kier molecular flexibility index (Phi) is 2.35. The van der Waals surface area contributed by atoms with Crippen molar-refractivity contribution in [1.82, 2.24) is 0 Å². The van der Waals surface area contributed by atoms with Crippen molar-refractivity contribution in [1.29, 1.82) is 0 Å². The summed E-state index contributed by atoms with van der Waals surface area (Å²) in [5.41, 5.74) is 0.0304. The van der Waals surface area contributed by atoms with Gasteiger partial charge in [-0.25, -0.2) is 0 Å². The number of aliphatic hydroxyl groups is 1. The van der Waals surface area contributed by atoms with Crippen LogP contribution in [-0.2, 0) is 5.60 Å². The van der Waals surface area contributed by atoms with E-state index in [-0.39, 0.29) is 12.7 Å². The van der Waals surface area contributed by atoms with Crippen LogP contribution < -0.4 is 9.47 Å². The lowest BCUT2D eigenvalue weighted by atomic mass is 9.85. The first-order chi connectivity index (χ1) is 7.01. The Bertz CT molecular complexity index is 369. The summed E-state index contributed by atoms with van der Waals surface area (Å²) in [5.74, 6) is 1.62. The molecule has 0 amide bonds. The molecule has 2 rings (SSSR count). The third-order valence-electron chi connectivity index (χ3n) is 3.08. The Hall–Kier alpha value is -1.22. The summed E-state index contributed by atoms with van der Waals surface area (Å²) >= 11 is 0. The van der Waals surface area contributed by atoms with E-state index in [0.29, 0.717) is 5.75 Å². The largest absolute Gasteiger partial charge is 0.454 e. The number of fused-ring (bicyclic) bond motifs is 1. The van der Waals surface area contributed by atoms with Crippen LogP contribution in [-0.4, -0.2) is 11.9 Å². The summed E-state index contributed by atoms with van der Waals surface area (Å²) in [5, 5.41) is 10.3. The SMILES string of the molecule is CC(C)[C@@](C)(O)c1ccc2c(c1)OCO2. The Morgan fingerprint density at radius 3 is 2.60 bits per heavy atom. The van der Waals surface area contributed by atoms with Crippen LogP contribution in [0.5, 0.6) is 11.5 Å². The van der Waals surface area contributed by atoms with Gasteiger partial charge in [0.1, 0.15) is 0 Å². The van der Waals surface area contributed by atoms with E-state index >= 15 is 0 Å². The van der Waals surface area contributed by atoms with Crippen LogP contribution in [0.4, 0.5) is 0 Å². The maximum Gasteiger partial charge on any atom is 0.231 e. The highest BCUT2D eigenvalue weighted by Crippen LogP contribution is 2.37. The van der Waals surface area contributed by atoms with Crippen LogP contribution in [0.2, 0.25) is 0 Å². The molecule has 1 aromatic rings. The Morgan fingerprint density at radius 1 is 1.27 bits per heavy atom. The molecule has 15 heavy (non-hydrogen) atoms. The number of ether oxygens (including phenoxy) is 2. The van der Waals surface area contributed by atoms with Gasteiger partial charge in [-0.05, 0) is 30.5 Å². The minimum absolute atomic E-state index is 0.151. The summed E-state index contributed by atoms with van der Waals surface area (Å²) in [4.78, 5) is 0. The summed E-state index contributed by atoms with van der Waals surface area (Å²) in [6, 6.07) is 5.57. The molecule has 0 saturated heterocycles. The lowest BCUT2D eigenvalue weighted by molar-refractivity contribution is 0.00889. The van der Waals surface area contributed by atoms with Crippen molar-refractivity contribution in [2.24, 2.45) is 5.92 Å². The zero-order chi connectivity index (χ0) is 11.1. The molecule has 1 heterocycles. The average molecular weight is 208 g/mol.